The number of fused-ring (bicyclic) bond motifs is 1. The molecule has 0 radical (unpaired) electrons. The number of hydrogen-bond donors (Lipinski definition) is 1. The smallest absolute Gasteiger partial charge is 0.344 e. The molecule has 0 spiro atoms. The van der Waals surface area contributed by atoms with Crippen LogP contribution in [-0.2, 0) is 0 Å². The minimum Gasteiger partial charge on any atom is -0.504 e. The van der Waals surface area contributed by atoms with Crippen LogP contribution in [0.3, 0.4) is 0 Å². The third-order valence-electron chi connectivity index (χ3n) is 3.20. The van der Waals surface area contributed by atoms with Gasteiger partial charge in [0.2, 0.25) is 0 Å². The van der Waals surface area contributed by atoms with E-state index in [-0.39, 0.29) is 5.75 Å². The second kappa shape index (κ2) is 5.26. The molecule has 106 valence electrons. The minimum absolute atomic E-state index is 0.0678. The average molecular weight is 347 g/mol. The molecular weight excluding hydrogens is 336 g/mol. The molecule has 4 nitrogen and oxygen atoms in total. The predicted octanol–water partition coefficient (Wildman–Crippen LogP) is 3.94. The molecule has 0 unspecified atom stereocenters. The van der Waals surface area contributed by atoms with E-state index in [4.69, 9.17) is 9.15 Å². The Bertz CT molecular complexity index is 883. The van der Waals surface area contributed by atoms with Crippen LogP contribution >= 0.6 is 15.9 Å². The zero-order chi connectivity index (χ0) is 15.0. The molecule has 0 saturated heterocycles. The van der Waals surface area contributed by atoms with Gasteiger partial charge in [-0.05, 0) is 18.2 Å². The van der Waals surface area contributed by atoms with Gasteiger partial charge in [0, 0.05) is 21.5 Å². The van der Waals surface area contributed by atoms with Crippen molar-refractivity contribution in [3.63, 3.8) is 0 Å². The van der Waals surface area contributed by atoms with Gasteiger partial charge >= 0.3 is 5.63 Å². The molecule has 1 N–H and O–H groups in total. The number of benzene rings is 2. The average Bonchev–Trinajstić information content (AvgIpc) is 2.47. The number of rotatable bonds is 2. The quantitative estimate of drug-likeness (QED) is 0.714. The summed E-state index contributed by atoms with van der Waals surface area (Å²) in [5.74, 6) is 0.260. The van der Waals surface area contributed by atoms with E-state index < -0.39 is 5.63 Å². The lowest BCUT2D eigenvalue weighted by atomic mass is 10.1. The van der Waals surface area contributed by atoms with Crippen LogP contribution in [0.4, 0.5) is 0 Å². The monoisotopic (exact) mass is 346 g/mol. The highest BCUT2D eigenvalue weighted by Crippen LogP contribution is 2.33. The Kier molecular flexibility index (Phi) is 3.43. The largest absolute Gasteiger partial charge is 0.504 e. The zero-order valence-electron chi connectivity index (χ0n) is 11.1. The fraction of sp³-hybridized carbons (Fsp3) is 0.0625. The van der Waals surface area contributed by atoms with E-state index in [1.807, 2.05) is 24.3 Å². The maximum Gasteiger partial charge on any atom is 0.344 e. The molecule has 2 aromatic carbocycles. The summed E-state index contributed by atoms with van der Waals surface area (Å²) in [7, 11) is 1.47. The highest BCUT2D eigenvalue weighted by Gasteiger charge is 2.12. The maximum absolute atomic E-state index is 12.2. The van der Waals surface area contributed by atoms with Gasteiger partial charge in [0.15, 0.2) is 11.5 Å². The fourth-order valence-corrected chi connectivity index (χ4v) is 2.66. The second-order valence-electron chi connectivity index (χ2n) is 4.49. The van der Waals surface area contributed by atoms with Crippen molar-refractivity contribution < 1.29 is 14.3 Å². The van der Waals surface area contributed by atoms with Crippen molar-refractivity contribution in [3.8, 4) is 22.6 Å². The number of ether oxygens (including phenoxy) is 1. The first-order valence-corrected chi connectivity index (χ1v) is 6.99. The Morgan fingerprint density at radius 3 is 2.62 bits per heavy atom. The minimum atomic E-state index is -0.459. The van der Waals surface area contributed by atoms with Gasteiger partial charge in [-0.1, -0.05) is 34.1 Å². The van der Waals surface area contributed by atoms with Gasteiger partial charge in [-0.25, -0.2) is 4.79 Å². The van der Waals surface area contributed by atoms with Crippen LogP contribution in [0, 0.1) is 0 Å². The number of halogens is 1. The molecule has 3 rings (SSSR count). The number of hydrogen-bond acceptors (Lipinski definition) is 4. The molecular formula is C16H11BrO4. The fourth-order valence-electron chi connectivity index (χ4n) is 2.17. The molecule has 0 aliphatic carbocycles. The van der Waals surface area contributed by atoms with Crippen LogP contribution < -0.4 is 10.4 Å². The van der Waals surface area contributed by atoms with Crippen molar-refractivity contribution in [2.24, 2.45) is 0 Å². The summed E-state index contributed by atoms with van der Waals surface area (Å²) in [6.45, 7) is 0. The lowest BCUT2D eigenvalue weighted by Gasteiger charge is -2.07. The molecule has 0 aliphatic heterocycles. The summed E-state index contributed by atoms with van der Waals surface area (Å²) in [6, 6.07) is 12.1. The van der Waals surface area contributed by atoms with E-state index in [9.17, 15) is 9.90 Å². The molecule has 5 heteroatoms. The van der Waals surface area contributed by atoms with E-state index in [0.29, 0.717) is 22.3 Å². The molecule has 21 heavy (non-hydrogen) atoms. The zero-order valence-corrected chi connectivity index (χ0v) is 12.7. The highest BCUT2D eigenvalue weighted by atomic mass is 79.9. The van der Waals surface area contributed by atoms with Gasteiger partial charge in [0.05, 0.1) is 12.7 Å². The third kappa shape index (κ3) is 2.40. The predicted molar refractivity (Wildman–Crippen MR) is 83.8 cm³/mol. The van der Waals surface area contributed by atoms with Crippen LogP contribution in [0.1, 0.15) is 0 Å². The summed E-state index contributed by atoms with van der Waals surface area (Å²) >= 11 is 3.43. The molecule has 0 aliphatic rings. The number of phenols is 1. The van der Waals surface area contributed by atoms with E-state index in [0.717, 1.165) is 10.0 Å². The molecule has 3 aromatic rings. The van der Waals surface area contributed by atoms with Crippen LogP contribution in [0.2, 0.25) is 0 Å². The molecule has 0 fully saturated rings. The summed E-state index contributed by atoms with van der Waals surface area (Å²) < 4.78 is 11.2. The SMILES string of the molecule is COc1cc2cc(-c3ccccc3Br)c(=O)oc2cc1O. The first-order chi connectivity index (χ1) is 10.1. The van der Waals surface area contributed by atoms with Crippen LogP contribution in [-0.4, -0.2) is 12.2 Å². The maximum atomic E-state index is 12.2. The Morgan fingerprint density at radius 2 is 1.90 bits per heavy atom. The van der Waals surface area contributed by atoms with E-state index in [2.05, 4.69) is 15.9 Å². The van der Waals surface area contributed by atoms with Crippen molar-refractivity contribution in [2.75, 3.05) is 7.11 Å². The van der Waals surface area contributed by atoms with Crippen LogP contribution in [0.15, 0.2) is 56.1 Å². The van der Waals surface area contributed by atoms with Gasteiger partial charge < -0.3 is 14.3 Å². The number of aromatic hydroxyl groups is 1. The summed E-state index contributed by atoms with van der Waals surface area (Å²) in [5.41, 5.74) is 1.05. The van der Waals surface area contributed by atoms with Crippen molar-refractivity contribution in [1.29, 1.82) is 0 Å². The Labute approximate surface area is 128 Å². The van der Waals surface area contributed by atoms with Crippen molar-refractivity contribution in [1.82, 2.24) is 0 Å². The normalized spacial score (nSPS) is 10.8. The molecule has 1 aromatic heterocycles. The lowest BCUT2D eigenvalue weighted by molar-refractivity contribution is 0.373. The third-order valence-corrected chi connectivity index (χ3v) is 3.89. The van der Waals surface area contributed by atoms with E-state index >= 15 is 0 Å². The second-order valence-corrected chi connectivity index (χ2v) is 5.34. The van der Waals surface area contributed by atoms with Crippen molar-refractivity contribution in [3.05, 3.63) is 57.4 Å². The van der Waals surface area contributed by atoms with Gasteiger partial charge in [-0.2, -0.15) is 0 Å². The summed E-state index contributed by atoms with van der Waals surface area (Å²) in [5, 5.41) is 10.4. The Morgan fingerprint density at radius 1 is 1.14 bits per heavy atom. The van der Waals surface area contributed by atoms with Gasteiger partial charge in [-0.3, -0.25) is 0 Å². The molecule has 0 saturated carbocycles. The van der Waals surface area contributed by atoms with E-state index in [1.165, 1.54) is 13.2 Å². The molecule has 0 atom stereocenters. The van der Waals surface area contributed by atoms with Gasteiger partial charge in [0.1, 0.15) is 5.58 Å². The number of methoxy groups -OCH3 is 1. The Balaban J connectivity index is 2.30. The first-order valence-electron chi connectivity index (χ1n) is 6.20. The van der Waals surface area contributed by atoms with Crippen LogP contribution in [0.25, 0.3) is 22.1 Å². The first kappa shape index (κ1) is 13.7. The number of phenolic OH excluding ortho intramolecular Hbond substituents is 1. The topological polar surface area (TPSA) is 59.7 Å². The van der Waals surface area contributed by atoms with Crippen molar-refractivity contribution >= 4 is 26.9 Å². The molecule has 1 heterocycles. The van der Waals surface area contributed by atoms with E-state index in [1.54, 1.807) is 12.1 Å². The molecule has 0 amide bonds. The molecule has 0 bridgehead atoms. The summed E-state index contributed by atoms with van der Waals surface area (Å²) in [4.78, 5) is 12.2. The highest BCUT2D eigenvalue weighted by molar-refractivity contribution is 9.10. The van der Waals surface area contributed by atoms with Gasteiger partial charge in [0.25, 0.3) is 0 Å². The Hall–Kier alpha value is -2.27. The lowest BCUT2D eigenvalue weighted by Crippen LogP contribution is -2.03. The standard InChI is InChI=1S/C16H11BrO4/c1-20-15-7-9-6-11(10-4-2-3-5-12(10)17)16(19)21-14(9)8-13(15)18/h2-8,18H,1H3. The summed E-state index contributed by atoms with van der Waals surface area (Å²) in [6.07, 6.45) is 0. The van der Waals surface area contributed by atoms with Crippen LogP contribution in [0.5, 0.6) is 11.5 Å². The van der Waals surface area contributed by atoms with Gasteiger partial charge in [-0.15, -0.1) is 0 Å². The van der Waals surface area contributed by atoms with Crippen molar-refractivity contribution in [2.45, 2.75) is 0 Å².